The number of esters is 2. The maximum Gasteiger partial charge on any atom is 0.340 e. The quantitative estimate of drug-likeness (QED) is 0.144. The Bertz CT molecular complexity index is 2250. The molecule has 2 aromatic heterocycles. The van der Waals surface area contributed by atoms with E-state index in [1.54, 1.807) is 13.8 Å². The molecule has 228 valence electrons. The summed E-state index contributed by atoms with van der Waals surface area (Å²) in [7, 11) is 2.07. The second-order valence-corrected chi connectivity index (χ2v) is 11.2. The Hall–Kier alpha value is -5.69. The van der Waals surface area contributed by atoms with E-state index in [0.29, 0.717) is 22.9 Å². The van der Waals surface area contributed by atoms with Gasteiger partial charge >= 0.3 is 11.9 Å². The van der Waals surface area contributed by atoms with Gasteiger partial charge in [0.05, 0.1) is 45.9 Å². The maximum atomic E-state index is 13.7. The summed E-state index contributed by atoms with van der Waals surface area (Å²) in [5.74, 6) is -4.22. The van der Waals surface area contributed by atoms with Crippen molar-refractivity contribution in [2.75, 3.05) is 14.2 Å². The lowest BCUT2D eigenvalue weighted by Crippen LogP contribution is -2.14. The number of aryl methyl sites for hydroxylation is 2. The lowest BCUT2D eigenvalue weighted by Gasteiger charge is -2.17. The summed E-state index contributed by atoms with van der Waals surface area (Å²) in [6.45, 7) is 3.34. The average Bonchev–Trinajstić information content (AvgIpc) is 2.96. The minimum absolute atomic E-state index is 0.00170. The van der Waals surface area contributed by atoms with E-state index >= 15 is 0 Å². The number of rotatable bonds is 4. The predicted octanol–water partition coefficient (Wildman–Crippen LogP) is 5.37. The predicted molar refractivity (Wildman–Crippen MR) is 163 cm³/mol. The van der Waals surface area contributed by atoms with Crippen LogP contribution in [-0.2, 0) is 9.47 Å². The monoisotopic (exact) mass is 630 g/mol. The van der Waals surface area contributed by atoms with Gasteiger partial charge in [-0.15, -0.1) is 0 Å². The Morgan fingerprint density at radius 2 is 0.933 bits per heavy atom. The molecule has 0 fully saturated rings. The number of aromatic hydroxyl groups is 4. The van der Waals surface area contributed by atoms with Gasteiger partial charge in [-0.1, -0.05) is 11.8 Å². The minimum Gasteiger partial charge on any atom is -0.507 e. The first kappa shape index (κ1) is 29.4. The average molecular weight is 631 g/mol. The molecule has 0 atom stereocenters. The summed E-state index contributed by atoms with van der Waals surface area (Å²) in [5, 5.41) is 42.3. The summed E-state index contributed by atoms with van der Waals surface area (Å²) in [5.41, 5.74) is -1.91. The summed E-state index contributed by atoms with van der Waals surface area (Å²) >= 11 is 0.465. The van der Waals surface area contributed by atoms with Crippen molar-refractivity contribution in [3.05, 3.63) is 79.1 Å². The molecular formula is C32H22O12S. The third-order valence-electron chi connectivity index (χ3n) is 7.23. The molecule has 0 unspecified atom stereocenters. The smallest absolute Gasteiger partial charge is 0.340 e. The van der Waals surface area contributed by atoms with E-state index in [2.05, 4.69) is 0 Å². The van der Waals surface area contributed by atoms with Gasteiger partial charge in [0.25, 0.3) is 0 Å². The molecule has 2 heterocycles. The highest BCUT2D eigenvalue weighted by atomic mass is 32.2. The number of fused-ring (bicyclic) bond motifs is 4. The maximum absolute atomic E-state index is 13.7. The normalized spacial score (nSPS) is 11.5. The highest BCUT2D eigenvalue weighted by molar-refractivity contribution is 7.99. The molecule has 6 aromatic rings. The van der Waals surface area contributed by atoms with Gasteiger partial charge in [-0.3, -0.25) is 9.59 Å². The number of phenolic OH excluding ortho intramolecular Hbond substituents is 4. The van der Waals surface area contributed by atoms with Crippen molar-refractivity contribution < 1.29 is 48.3 Å². The molecule has 45 heavy (non-hydrogen) atoms. The topological polar surface area (TPSA) is 194 Å². The molecule has 12 nitrogen and oxygen atoms in total. The zero-order valence-corrected chi connectivity index (χ0v) is 24.7. The number of benzene rings is 4. The van der Waals surface area contributed by atoms with Crippen molar-refractivity contribution in [1.29, 1.82) is 0 Å². The Morgan fingerprint density at radius 1 is 0.578 bits per heavy atom. The van der Waals surface area contributed by atoms with Crippen LogP contribution in [0.1, 0.15) is 31.8 Å². The molecule has 0 bridgehead atoms. The number of carbonyl (C=O) groups excluding carboxylic acids is 2. The van der Waals surface area contributed by atoms with Crippen molar-refractivity contribution in [3.63, 3.8) is 0 Å². The van der Waals surface area contributed by atoms with E-state index in [4.69, 9.17) is 18.3 Å². The largest absolute Gasteiger partial charge is 0.507 e. The summed E-state index contributed by atoms with van der Waals surface area (Å²) in [6.07, 6.45) is 0. The molecule has 6 rings (SSSR count). The summed E-state index contributed by atoms with van der Waals surface area (Å²) in [4.78, 5) is 53.2. The van der Waals surface area contributed by atoms with E-state index in [0.717, 1.165) is 26.4 Å². The highest BCUT2D eigenvalue weighted by Gasteiger charge is 2.31. The molecule has 0 aliphatic carbocycles. The van der Waals surface area contributed by atoms with Gasteiger partial charge < -0.3 is 38.7 Å². The van der Waals surface area contributed by atoms with Gasteiger partial charge in [-0.2, -0.15) is 0 Å². The van der Waals surface area contributed by atoms with E-state index < -0.39 is 56.9 Å². The summed E-state index contributed by atoms with van der Waals surface area (Å²) in [6, 6.07) is 7.78. The van der Waals surface area contributed by atoms with Crippen LogP contribution in [0.15, 0.2) is 64.6 Å². The van der Waals surface area contributed by atoms with Gasteiger partial charge in [0.1, 0.15) is 56.1 Å². The van der Waals surface area contributed by atoms with Crippen LogP contribution in [0.4, 0.5) is 0 Å². The van der Waals surface area contributed by atoms with Crippen LogP contribution in [0.25, 0.3) is 43.9 Å². The van der Waals surface area contributed by atoms with E-state index in [1.165, 1.54) is 24.3 Å². The highest BCUT2D eigenvalue weighted by Crippen LogP contribution is 2.47. The fraction of sp³-hybridized carbons (Fsp3) is 0.125. The first-order valence-corrected chi connectivity index (χ1v) is 13.9. The molecule has 0 saturated heterocycles. The standard InChI is InChI=1S/C32H22O12S/c1-11-5-13(33)21-17(7-11)43-19-9-15(35)29(25(31(39)41-3)23(19)27(21)37)45-30-16(36)10-20-24(26(30)32(40)42-4)28(38)22-14(34)6-12(2)8-18(22)44-20/h5-10,33-36H,1-4H3. The van der Waals surface area contributed by atoms with Crippen LogP contribution in [0.5, 0.6) is 23.0 Å². The molecule has 4 aromatic carbocycles. The minimum atomic E-state index is -1.10. The number of hydrogen-bond acceptors (Lipinski definition) is 13. The third kappa shape index (κ3) is 4.47. The summed E-state index contributed by atoms with van der Waals surface area (Å²) < 4.78 is 21.5. The Labute approximate surface area is 255 Å². The number of phenols is 4. The van der Waals surface area contributed by atoms with Gasteiger partial charge in [0.15, 0.2) is 0 Å². The lowest BCUT2D eigenvalue weighted by atomic mass is 10.0. The first-order chi connectivity index (χ1) is 21.4. The molecule has 4 N–H and O–H groups in total. The fourth-order valence-electron chi connectivity index (χ4n) is 5.34. The van der Waals surface area contributed by atoms with Crippen molar-refractivity contribution in [2.24, 2.45) is 0 Å². The van der Waals surface area contributed by atoms with Crippen LogP contribution in [0.2, 0.25) is 0 Å². The third-order valence-corrected chi connectivity index (χ3v) is 8.47. The molecule has 0 aliphatic rings. The first-order valence-electron chi connectivity index (χ1n) is 13.1. The Kier molecular flexibility index (Phi) is 6.85. The molecule has 0 spiro atoms. The van der Waals surface area contributed by atoms with E-state index in [9.17, 15) is 39.6 Å². The second kappa shape index (κ2) is 10.5. The Morgan fingerprint density at radius 3 is 1.29 bits per heavy atom. The van der Waals surface area contributed by atoms with Gasteiger partial charge in [0.2, 0.25) is 10.9 Å². The number of carbonyl (C=O) groups is 2. The van der Waals surface area contributed by atoms with Crippen LogP contribution >= 0.6 is 11.8 Å². The van der Waals surface area contributed by atoms with Crippen LogP contribution in [-0.4, -0.2) is 46.6 Å². The van der Waals surface area contributed by atoms with Crippen LogP contribution in [0.3, 0.4) is 0 Å². The van der Waals surface area contributed by atoms with Gasteiger partial charge in [-0.05, 0) is 49.2 Å². The van der Waals surface area contributed by atoms with E-state index in [-0.39, 0.29) is 53.7 Å². The van der Waals surface area contributed by atoms with E-state index in [1.807, 2.05) is 0 Å². The Balaban J connectivity index is 1.73. The van der Waals surface area contributed by atoms with Crippen LogP contribution < -0.4 is 10.9 Å². The number of ether oxygens (including phenoxy) is 2. The zero-order chi connectivity index (χ0) is 32.5. The van der Waals surface area contributed by atoms with Crippen molar-refractivity contribution >= 4 is 67.6 Å². The number of hydrogen-bond donors (Lipinski definition) is 4. The van der Waals surface area contributed by atoms with Gasteiger partial charge in [-0.25, -0.2) is 9.59 Å². The lowest BCUT2D eigenvalue weighted by molar-refractivity contribution is 0.0590. The fourth-order valence-corrected chi connectivity index (χ4v) is 6.45. The zero-order valence-electron chi connectivity index (χ0n) is 23.9. The molecule has 0 radical (unpaired) electrons. The molecule has 0 aliphatic heterocycles. The molecule has 0 saturated carbocycles. The molecule has 13 heteroatoms. The van der Waals surface area contributed by atoms with Gasteiger partial charge in [0, 0.05) is 12.1 Å². The molecular weight excluding hydrogens is 608 g/mol. The van der Waals surface area contributed by atoms with Crippen molar-refractivity contribution in [2.45, 2.75) is 23.6 Å². The SMILES string of the molecule is COC(=O)c1c(Sc2c(O)cc3oc4cc(C)cc(O)c4c(=O)c3c2C(=O)OC)c(O)cc2oc3cc(C)cc(O)c3c(=O)c12. The van der Waals surface area contributed by atoms with Crippen molar-refractivity contribution in [1.82, 2.24) is 0 Å². The second-order valence-electron chi connectivity index (χ2n) is 10.2. The number of methoxy groups -OCH3 is 2. The van der Waals surface area contributed by atoms with Crippen molar-refractivity contribution in [3.8, 4) is 23.0 Å². The van der Waals surface area contributed by atoms with Crippen LogP contribution in [0, 0.1) is 13.8 Å². The molecule has 0 amide bonds.